The van der Waals surface area contributed by atoms with E-state index in [-0.39, 0.29) is 6.10 Å². The molecule has 0 aromatic heterocycles. The van der Waals surface area contributed by atoms with E-state index >= 15 is 0 Å². The fraction of sp³-hybridized carbons (Fsp3) is 0.222. The van der Waals surface area contributed by atoms with Gasteiger partial charge in [0.2, 0.25) is 0 Å². The van der Waals surface area contributed by atoms with E-state index in [4.69, 9.17) is 9.47 Å². The van der Waals surface area contributed by atoms with Gasteiger partial charge in [-0.25, -0.2) is 0 Å². The average molecular weight is 266 g/mol. The van der Waals surface area contributed by atoms with Crippen molar-refractivity contribution in [1.29, 1.82) is 0 Å². The summed E-state index contributed by atoms with van der Waals surface area (Å²) in [6.07, 6.45) is 3.17. The van der Waals surface area contributed by atoms with Gasteiger partial charge in [-0.05, 0) is 36.3 Å². The Morgan fingerprint density at radius 2 is 1.95 bits per heavy atom. The standard InChI is InChI=1S/C18H18O2/c1-3-17-16-12-14(19-2)9-10-15(16)18(20-17)11-13-7-5-4-6-8-13/h4-12,17H,3H2,1-2H3/b18-11-. The van der Waals surface area contributed by atoms with Crippen molar-refractivity contribution in [1.82, 2.24) is 0 Å². The third-order valence-corrected chi connectivity index (χ3v) is 3.61. The number of rotatable bonds is 3. The Morgan fingerprint density at radius 3 is 2.65 bits per heavy atom. The molecule has 1 aliphatic rings. The molecule has 0 saturated carbocycles. The number of fused-ring (bicyclic) bond motifs is 1. The quantitative estimate of drug-likeness (QED) is 0.803. The molecule has 3 rings (SSSR count). The lowest BCUT2D eigenvalue weighted by Gasteiger charge is -2.09. The van der Waals surface area contributed by atoms with Crippen molar-refractivity contribution < 1.29 is 9.47 Å². The van der Waals surface area contributed by atoms with E-state index in [0.29, 0.717) is 0 Å². The highest BCUT2D eigenvalue weighted by atomic mass is 16.5. The molecule has 1 atom stereocenters. The smallest absolute Gasteiger partial charge is 0.128 e. The lowest BCUT2D eigenvalue weighted by molar-refractivity contribution is 0.185. The molecule has 0 spiro atoms. The summed E-state index contributed by atoms with van der Waals surface area (Å²) in [7, 11) is 1.69. The summed E-state index contributed by atoms with van der Waals surface area (Å²) in [6.45, 7) is 2.14. The number of benzene rings is 2. The number of ether oxygens (including phenoxy) is 2. The average Bonchev–Trinajstić information content (AvgIpc) is 2.85. The Labute approximate surface area is 119 Å². The van der Waals surface area contributed by atoms with Crippen LogP contribution in [0.5, 0.6) is 5.75 Å². The summed E-state index contributed by atoms with van der Waals surface area (Å²) in [5.74, 6) is 1.83. The topological polar surface area (TPSA) is 18.5 Å². The largest absolute Gasteiger partial charge is 0.497 e. The Hall–Kier alpha value is -2.22. The van der Waals surface area contributed by atoms with Gasteiger partial charge in [-0.3, -0.25) is 0 Å². The molecule has 0 saturated heterocycles. The summed E-state index contributed by atoms with van der Waals surface area (Å²) < 4.78 is 11.4. The van der Waals surface area contributed by atoms with E-state index < -0.39 is 0 Å². The lowest BCUT2D eigenvalue weighted by Crippen LogP contribution is -1.93. The fourth-order valence-corrected chi connectivity index (χ4v) is 2.55. The van der Waals surface area contributed by atoms with Gasteiger partial charge in [-0.15, -0.1) is 0 Å². The molecular formula is C18H18O2. The molecule has 2 aromatic carbocycles. The van der Waals surface area contributed by atoms with Gasteiger partial charge >= 0.3 is 0 Å². The van der Waals surface area contributed by atoms with Crippen LogP contribution in [0.25, 0.3) is 11.8 Å². The molecular weight excluding hydrogens is 248 g/mol. The van der Waals surface area contributed by atoms with E-state index in [1.165, 1.54) is 11.1 Å². The first-order valence-electron chi connectivity index (χ1n) is 6.93. The van der Waals surface area contributed by atoms with Crippen molar-refractivity contribution >= 4 is 11.8 Å². The molecule has 0 amide bonds. The predicted molar refractivity (Wildman–Crippen MR) is 81.4 cm³/mol. The van der Waals surface area contributed by atoms with Crippen LogP contribution in [0.15, 0.2) is 48.5 Å². The van der Waals surface area contributed by atoms with E-state index in [2.05, 4.69) is 37.3 Å². The van der Waals surface area contributed by atoms with E-state index in [1.807, 2.05) is 24.3 Å². The molecule has 1 aliphatic heterocycles. The van der Waals surface area contributed by atoms with Gasteiger partial charge in [0.05, 0.1) is 7.11 Å². The van der Waals surface area contributed by atoms with Gasteiger partial charge in [-0.2, -0.15) is 0 Å². The Balaban J connectivity index is 2.03. The van der Waals surface area contributed by atoms with Crippen molar-refractivity contribution in [2.45, 2.75) is 19.4 Å². The zero-order chi connectivity index (χ0) is 13.9. The molecule has 1 unspecified atom stereocenters. The zero-order valence-corrected chi connectivity index (χ0v) is 11.8. The Morgan fingerprint density at radius 1 is 1.15 bits per heavy atom. The minimum Gasteiger partial charge on any atom is -0.497 e. The van der Waals surface area contributed by atoms with Gasteiger partial charge in [0.15, 0.2) is 0 Å². The highest BCUT2D eigenvalue weighted by Crippen LogP contribution is 2.42. The van der Waals surface area contributed by atoms with Crippen LogP contribution < -0.4 is 4.74 Å². The molecule has 2 aromatic rings. The van der Waals surface area contributed by atoms with Crippen molar-refractivity contribution in [3.8, 4) is 5.75 Å². The first-order valence-corrected chi connectivity index (χ1v) is 6.93. The van der Waals surface area contributed by atoms with Crippen LogP contribution in [0, 0.1) is 0 Å². The Kier molecular flexibility index (Phi) is 3.46. The summed E-state index contributed by atoms with van der Waals surface area (Å²) in [4.78, 5) is 0. The van der Waals surface area contributed by atoms with Crippen LogP contribution in [0.2, 0.25) is 0 Å². The van der Waals surface area contributed by atoms with Crippen LogP contribution in [0.4, 0.5) is 0 Å². The SMILES string of the molecule is CCC1O/C(=C\c2ccccc2)c2ccc(OC)cc21. The Bertz CT molecular complexity index is 629. The maximum absolute atomic E-state index is 6.09. The van der Waals surface area contributed by atoms with Crippen molar-refractivity contribution in [2.24, 2.45) is 0 Å². The summed E-state index contributed by atoms with van der Waals surface area (Å²) in [5.41, 5.74) is 3.54. The highest BCUT2D eigenvalue weighted by Gasteiger charge is 2.27. The second kappa shape index (κ2) is 5.41. The number of hydrogen-bond acceptors (Lipinski definition) is 2. The van der Waals surface area contributed by atoms with Crippen molar-refractivity contribution in [3.63, 3.8) is 0 Å². The van der Waals surface area contributed by atoms with E-state index in [9.17, 15) is 0 Å². The monoisotopic (exact) mass is 266 g/mol. The first-order chi connectivity index (χ1) is 9.81. The molecule has 0 fully saturated rings. The van der Waals surface area contributed by atoms with Crippen LogP contribution in [-0.2, 0) is 4.74 Å². The predicted octanol–water partition coefficient (Wildman–Crippen LogP) is 4.67. The van der Waals surface area contributed by atoms with Crippen LogP contribution in [0.3, 0.4) is 0 Å². The normalized spacial score (nSPS) is 18.7. The molecule has 0 N–H and O–H groups in total. The summed E-state index contributed by atoms with van der Waals surface area (Å²) >= 11 is 0. The number of methoxy groups -OCH3 is 1. The second-order valence-electron chi connectivity index (χ2n) is 4.89. The van der Waals surface area contributed by atoms with E-state index in [0.717, 1.165) is 23.5 Å². The van der Waals surface area contributed by atoms with Gasteiger partial charge in [0.1, 0.15) is 17.6 Å². The first kappa shape index (κ1) is 12.8. The zero-order valence-electron chi connectivity index (χ0n) is 11.8. The molecule has 2 nitrogen and oxygen atoms in total. The van der Waals surface area contributed by atoms with Gasteiger partial charge < -0.3 is 9.47 Å². The van der Waals surface area contributed by atoms with Crippen LogP contribution >= 0.6 is 0 Å². The summed E-state index contributed by atoms with van der Waals surface area (Å²) in [5, 5.41) is 0. The molecule has 2 heteroatoms. The van der Waals surface area contributed by atoms with Crippen LogP contribution in [0.1, 0.15) is 36.1 Å². The van der Waals surface area contributed by atoms with Crippen LogP contribution in [-0.4, -0.2) is 7.11 Å². The van der Waals surface area contributed by atoms with Crippen molar-refractivity contribution in [3.05, 3.63) is 65.2 Å². The molecule has 102 valence electrons. The highest BCUT2D eigenvalue weighted by molar-refractivity contribution is 5.81. The summed E-state index contributed by atoms with van der Waals surface area (Å²) in [6, 6.07) is 16.4. The molecule has 1 heterocycles. The van der Waals surface area contributed by atoms with Gasteiger partial charge in [-0.1, -0.05) is 37.3 Å². The maximum Gasteiger partial charge on any atom is 0.128 e. The minimum absolute atomic E-state index is 0.120. The third-order valence-electron chi connectivity index (χ3n) is 3.61. The molecule has 0 aliphatic carbocycles. The minimum atomic E-state index is 0.120. The van der Waals surface area contributed by atoms with Crippen molar-refractivity contribution in [2.75, 3.05) is 7.11 Å². The molecule has 0 radical (unpaired) electrons. The van der Waals surface area contributed by atoms with Gasteiger partial charge in [0.25, 0.3) is 0 Å². The van der Waals surface area contributed by atoms with Gasteiger partial charge in [0, 0.05) is 11.1 Å². The van der Waals surface area contributed by atoms with E-state index in [1.54, 1.807) is 7.11 Å². The fourth-order valence-electron chi connectivity index (χ4n) is 2.55. The third kappa shape index (κ3) is 2.29. The molecule has 0 bridgehead atoms. The lowest BCUT2D eigenvalue weighted by atomic mass is 10.0. The second-order valence-corrected chi connectivity index (χ2v) is 4.89. The maximum atomic E-state index is 6.09. The molecule has 20 heavy (non-hydrogen) atoms. The number of hydrogen-bond donors (Lipinski definition) is 0.